The lowest BCUT2D eigenvalue weighted by atomic mass is 9.92. The fourth-order valence-electron chi connectivity index (χ4n) is 3.17. The minimum Gasteiger partial charge on any atom is -0.465 e. The smallest absolute Gasteiger partial charge is 0.325 e. The van der Waals surface area contributed by atoms with Gasteiger partial charge in [0.2, 0.25) is 0 Å². The predicted octanol–water partition coefficient (Wildman–Crippen LogP) is 2.16. The van der Waals surface area contributed by atoms with E-state index in [2.05, 4.69) is 0 Å². The second-order valence-corrected chi connectivity index (χ2v) is 5.48. The van der Waals surface area contributed by atoms with Crippen molar-refractivity contribution in [2.75, 3.05) is 6.61 Å². The zero-order chi connectivity index (χ0) is 15.0. The molecular weight excluding hydrogens is 271 g/mol. The zero-order valence-corrected chi connectivity index (χ0v) is 12.1. The number of rotatable bonds is 3. The van der Waals surface area contributed by atoms with Crippen LogP contribution in [0.2, 0.25) is 0 Å². The largest absolute Gasteiger partial charge is 0.465 e. The quantitative estimate of drug-likeness (QED) is 0.881. The van der Waals surface area contributed by atoms with Crippen molar-refractivity contribution >= 4 is 16.9 Å². The van der Waals surface area contributed by atoms with E-state index < -0.39 is 0 Å². The maximum Gasteiger partial charge on any atom is 0.325 e. The van der Waals surface area contributed by atoms with Gasteiger partial charge in [-0.05, 0) is 49.9 Å². The van der Waals surface area contributed by atoms with Crippen LogP contribution in [0.5, 0.6) is 0 Å². The summed E-state index contributed by atoms with van der Waals surface area (Å²) < 4.78 is 20.6. The molecule has 3 rings (SSSR count). The van der Waals surface area contributed by atoms with Gasteiger partial charge in [-0.25, -0.2) is 4.39 Å². The molecule has 1 atom stereocenters. The molecule has 2 aromatic rings. The molecule has 0 unspecified atom stereocenters. The lowest BCUT2D eigenvalue weighted by molar-refractivity contribution is -0.143. The molecule has 0 fully saturated rings. The monoisotopic (exact) mass is 290 g/mol. The van der Waals surface area contributed by atoms with Gasteiger partial charge in [0.15, 0.2) is 0 Å². The molecule has 0 amide bonds. The third-order valence-electron chi connectivity index (χ3n) is 4.06. The highest BCUT2D eigenvalue weighted by Crippen LogP contribution is 2.32. The summed E-state index contributed by atoms with van der Waals surface area (Å²) in [5, 5.41) is 0.865. The Bertz CT molecular complexity index is 693. The normalized spacial score (nSPS) is 17.8. The molecule has 1 aromatic carbocycles. The lowest BCUT2D eigenvalue weighted by Crippen LogP contribution is -2.28. The number of halogens is 1. The first-order chi connectivity index (χ1) is 10.1. The summed E-state index contributed by atoms with van der Waals surface area (Å²) in [5.41, 5.74) is 9.09. The average Bonchev–Trinajstić information content (AvgIpc) is 2.72. The Labute approximate surface area is 122 Å². The molecule has 2 N–H and O–H groups in total. The fourth-order valence-corrected chi connectivity index (χ4v) is 3.17. The summed E-state index contributed by atoms with van der Waals surface area (Å²) in [4.78, 5) is 11.8. The van der Waals surface area contributed by atoms with E-state index in [4.69, 9.17) is 10.5 Å². The Morgan fingerprint density at radius 1 is 1.52 bits per heavy atom. The van der Waals surface area contributed by atoms with Crippen LogP contribution in [-0.2, 0) is 28.9 Å². The molecule has 0 aliphatic heterocycles. The second kappa shape index (κ2) is 5.48. The minimum atomic E-state index is -0.267. The van der Waals surface area contributed by atoms with E-state index in [1.165, 1.54) is 12.1 Å². The number of nitrogens with zero attached hydrogens (tertiary/aromatic N) is 1. The van der Waals surface area contributed by atoms with Gasteiger partial charge in [-0.1, -0.05) is 0 Å². The number of carbonyl (C=O) groups excluding carboxylic acids is 1. The van der Waals surface area contributed by atoms with E-state index in [1.807, 2.05) is 4.57 Å². The van der Waals surface area contributed by atoms with Crippen LogP contribution in [0.4, 0.5) is 4.39 Å². The van der Waals surface area contributed by atoms with E-state index in [0.29, 0.717) is 6.61 Å². The molecule has 1 aromatic heterocycles. The topological polar surface area (TPSA) is 57.2 Å². The van der Waals surface area contributed by atoms with Gasteiger partial charge in [-0.2, -0.15) is 0 Å². The van der Waals surface area contributed by atoms with Crippen molar-refractivity contribution in [3.8, 4) is 0 Å². The molecule has 0 saturated carbocycles. The molecule has 1 aliphatic rings. The predicted molar refractivity (Wildman–Crippen MR) is 78.5 cm³/mol. The average molecular weight is 290 g/mol. The van der Waals surface area contributed by atoms with Crippen molar-refractivity contribution in [2.45, 2.75) is 38.8 Å². The van der Waals surface area contributed by atoms with Crippen molar-refractivity contribution in [3.05, 3.63) is 35.3 Å². The number of ether oxygens (including phenoxy) is 1. The first kappa shape index (κ1) is 14.1. The van der Waals surface area contributed by atoms with Crippen molar-refractivity contribution in [2.24, 2.45) is 5.73 Å². The van der Waals surface area contributed by atoms with Crippen LogP contribution in [-0.4, -0.2) is 23.2 Å². The van der Waals surface area contributed by atoms with Gasteiger partial charge in [0.25, 0.3) is 0 Å². The van der Waals surface area contributed by atoms with Gasteiger partial charge in [0.1, 0.15) is 12.4 Å². The first-order valence-electron chi connectivity index (χ1n) is 7.30. The molecule has 1 aliphatic carbocycles. The van der Waals surface area contributed by atoms with Crippen LogP contribution in [0, 0.1) is 5.82 Å². The summed E-state index contributed by atoms with van der Waals surface area (Å²) in [7, 11) is 0. The Hall–Kier alpha value is -1.88. The summed E-state index contributed by atoms with van der Waals surface area (Å²) in [6, 6.07) is 4.79. The van der Waals surface area contributed by atoms with Crippen LogP contribution >= 0.6 is 0 Å². The highest BCUT2D eigenvalue weighted by Gasteiger charge is 2.24. The van der Waals surface area contributed by atoms with Gasteiger partial charge in [0, 0.05) is 22.6 Å². The van der Waals surface area contributed by atoms with Gasteiger partial charge in [0.05, 0.1) is 6.61 Å². The lowest BCUT2D eigenvalue weighted by Gasteiger charge is -2.20. The van der Waals surface area contributed by atoms with E-state index >= 15 is 0 Å². The highest BCUT2D eigenvalue weighted by molar-refractivity contribution is 5.87. The van der Waals surface area contributed by atoms with Crippen LogP contribution in [0.15, 0.2) is 18.2 Å². The van der Waals surface area contributed by atoms with Gasteiger partial charge in [-0.15, -0.1) is 0 Å². The number of hydrogen-bond acceptors (Lipinski definition) is 3. The van der Waals surface area contributed by atoms with E-state index in [9.17, 15) is 9.18 Å². The number of carbonyl (C=O) groups is 1. The molecule has 0 radical (unpaired) electrons. The summed E-state index contributed by atoms with van der Waals surface area (Å²) in [6.45, 7) is 2.32. The van der Waals surface area contributed by atoms with Gasteiger partial charge >= 0.3 is 5.97 Å². The Morgan fingerprint density at radius 3 is 3.10 bits per heavy atom. The molecule has 0 bridgehead atoms. The zero-order valence-electron chi connectivity index (χ0n) is 12.1. The standard InChI is InChI=1S/C16H19FN2O2/c1-2-21-16(20)9-19-14-5-3-10(17)7-12(14)13-8-11(18)4-6-15(13)19/h3,5,7,11H,2,4,6,8-9,18H2,1H3/t11-/m0/s1. The van der Waals surface area contributed by atoms with E-state index in [-0.39, 0.29) is 24.4 Å². The second-order valence-electron chi connectivity index (χ2n) is 5.48. The van der Waals surface area contributed by atoms with E-state index in [1.54, 1.807) is 13.0 Å². The minimum absolute atomic E-state index is 0.0995. The number of fused-ring (bicyclic) bond motifs is 3. The van der Waals surface area contributed by atoms with Crippen LogP contribution in [0.25, 0.3) is 10.9 Å². The number of aromatic nitrogens is 1. The van der Waals surface area contributed by atoms with Crippen molar-refractivity contribution in [1.29, 1.82) is 0 Å². The molecule has 4 nitrogen and oxygen atoms in total. The van der Waals surface area contributed by atoms with Crippen LogP contribution in [0.3, 0.4) is 0 Å². The van der Waals surface area contributed by atoms with Gasteiger partial charge in [-0.3, -0.25) is 4.79 Å². The maximum atomic E-state index is 13.6. The summed E-state index contributed by atoms with van der Waals surface area (Å²) in [5.74, 6) is -0.533. The number of esters is 1. The van der Waals surface area contributed by atoms with Crippen molar-refractivity contribution in [1.82, 2.24) is 4.57 Å². The van der Waals surface area contributed by atoms with E-state index in [0.717, 1.165) is 41.4 Å². The molecule has 112 valence electrons. The molecule has 5 heteroatoms. The number of hydrogen-bond donors (Lipinski definition) is 1. The molecule has 0 saturated heterocycles. The van der Waals surface area contributed by atoms with Crippen LogP contribution in [0.1, 0.15) is 24.6 Å². The summed E-state index contributed by atoms with van der Waals surface area (Å²) >= 11 is 0. The SMILES string of the molecule is CCOC(=O)Cn1c2c(c3cc(F)ccc31)C[C@@H](N)CC2. The Kier molecular flexibility index (Phi) is 3.68. The maximum absolute atomic E-state index is 13.6. The first-order valence-corrected chi connectivity index (χ1v) is 7.30. The highest BCUT2D eigenvalue weighted by atomic mass is 19.1. The third-order valence-corrected chi connectivity index (χ3v) is 4.06. The molecule has 21 heavy (non-hydrogen) atoms. The Morgan fingerprint density at radius 2 is 2.33 bits per heavy atom. The molecule has 0 spiro atoms. The van der Waals surface area contributed by atoms with Crippen LogP contribution < -0.4 is 5.73 Å². The number of benzene rings is 1. The molecular formula is C16H19FN2O2. The summed E-state index contributed by atoms with van der Waals surface area (Å²) in [6.07, 6.45) is 2.42. The van der Waals surface area contributed by atoms with Crippen molar-refractivity contribution in [3.63, 3.8) is 0 Å². The van der Waals surface area contributed by atoms with Gasteiger partial charge < -0.3 is 15.0 Å². The fraction of sp³-hybridized carbons (Fsp3) is 0.438. The third kappa shape index (κ3) is 2.53. The number of nitrogens with two attached hydrogens (primary N) is 1. The van der Waals surface area contributed by atoms with Crippen molar-refractivity contribution < 1.29 is 13.9 Å². The molecule has 1 heterocycles. The Balaban J connectivity index is 2.12.